The molecular formula is C27H27N3O2. The van der Waals surface area contributed by atoms with Gasteiger partial charge in [0.15, 0.2) is 0 Å². The monoisotopic (exact) mass is 425 g/mol. The first kappa shape index (κ1) is 20.2. The van der Waals surface area contributed by atoms with Gasteiger partial charge in [-0.15, -0.1) is 0 Å². The van der Waals surface area contributed by atoms with E-state index in [0.717, 1.165) is 46.2 Å². The maximum Gasteiger partial charge on any atom is 0.218 e. The van der Waals surface area contributed by atoms with Gasteiger partial charge in [-0.2, -0.15) is 0 Å². The van der Waals surface area contributed by atoms with E-state index in [1.54, 1.807) is 0 Å². The predicted molar refractivity (Wildman–Crippen MR) is 131 cm³/mol. The fraction of sp³-hybridized carbons (Fsp3) is 0.222. The molecule has 0 saturated heterocycles. The van der Waals surface area contributed by atoms with E-state index in [1.807, 2.05) is 48.5 Å². The number of aliphatic imine (C=N–C) groups is 1. The molecule has 162 valence electrons. The molecule has 2 atom stereocenters. The van der Waals surface area contributed by atoms with Crippen molar-refractivity contribution < 1.29 is 9.47 Å². The lowest BCUT2D eigenvalue weighted by atomic mass is 10.1. The summed E-state index contributed by atoms with van der Waals surface area (Å²) in [4.78, 5) is 4.63. The lowest BCUT2D eigenvalue weighted by Crippen LogP contribution is -2.06. The molecule has 0 saturated carbocycles. The van der Waals surface area contributed by atoms with Crippen LogP contribution in [-0.4, -0.2) is 25.2 Å². The van der Waals surface area contributed by atoms with Crippen molar-refractivity contribution in [1.82, 2.24) is 0 Å². The minimum atomic E-state index is 0.179. The van der Waals surface area contributed by atoms with Gasteiger partial charge in [0.25, 0.3) is 0 Å². The lowest BCUT2D eigenvalue weighted by molar-refractivity contribution is 0.278. The summed E-state index contributed by atoms with van der Waals surface area (Å²) in [5.41, 5.74) is 5.94. The zero-order chi connectivity index (χ0) is 21.9. The maximum absolute atomic E-state index is 5.92. The van der Waals surface area contributed by atoms with Crippen LogP contribution in [0.25, 0.3) is 5.76 Å². The number of nitrogens with zero attached hydrogens (tertiary/aromatic N) is 1. The summed E-state index contributed by atoms with van der Waals surface area (Å²) in [7, 11) is 0. The molecule has 2 aliphatic heterocycles. The van der Waals surface area contributed by atoms with Crippen molar-refractivity contribution in [2.45, 2.75) is 19.9 Å². The largest absolute Gasteiger partial charge is 0.493 e. The van der Waals surface area contributed by atoms with Crippen LogP contribution in [0, 0.1) is 5.92 Å². The Bertz CT molecular complexity index is 1090. The van der Waals surface area contributed by atoms with Crippen molar-refractivity contribution >= 4 is 34.4 Å². The average molecular weight is 426 g/mol. The highest BCUT2D eigenvalue weighted by Crippen LogP contribution is 2.35. The van der Waals surface area contributed by atoms with E-state index in [4.69, 9.17) is 9.47 Å². The van der Waals surface area contributed by atoms with Crippen molar-refractivity contribution in [2.24, 2.45) is 10.9 Å². The van der Waals surface area contributed by atoms with Crippen LogP contribution in [0.5, 0.6) is 0 Å². The molecule has 0 aliphatic carbocycles. The third-order valence-corrected chi connectivity index (χ3v) is 5.55. The number of para-hydroxylation sites is 4. The van der Waals surface area contributed by atoms with Gasteiger partial charge in [0, 0.05) is 17.2 Å². The second-order valence-corrected chi connectivity index (χ2v) is 8.30. The average Bonchev–Trinajstić information content (AvgIpc) is 3.44. The topological polar surface area (TPSA) is 54.9 Å². The van der Waals surface area contributed by atoms with Crippen LogP contribution < -0.4 is 10.6 Å². The molecule has 0 amide bonds. The molecule has 5 nitrogen and oxygen atoms in total. The van der Waals surface area contributed by atoms with Gasteiger partial charge in [0.1, 0.15) is 12.4 Å². The first-order valence-corrected chi connectivity index (χ1v) is 11.0. The van der Waals surface area contributed by atoms with Gasteiger partial charge in [0.2, 0.25) is 5.90 Å². The highest BCUT2D eigenvalue weighted by molar-refractivity contribution is 6.01. The van der Waals surface area contributed by atoms with Gasteiger partial charge in [-0.25, -0.2) is 4.99 Å². The fourth-order valence-corrected chi connectivity index (χ4v) is 3.94. The molecule has 0 spiro atoms. The Morgan fingerprint density at radius 2 is 1.25 bits per heavy atom. The number of hydrogen-bond donors (Lipinski definition) is 2. The molecular weight excluding hydrogens is 398 g/mol. The minimum absolute atomic E-state index is 0.179. The number of hydrogen-bond acceptors (Lipinski definition) is 5. The Morgan fingerprint density at radius 1 is 0.688 bits per heavy atom. The van der Waals surface area contributed by atoms with Gasteiger partial charge in [-0.05, 0) is 49.4 Å². The zero-order valence-electron chi connectivity index (χ0n) is 18.3. The highest BCUT2D eigenvalue weighted by Gasteiger charge is 2.20. The zero-order valence-corrected chi connectivity index (χ0v) is 18.3. The number of anilines is 4. The van der Waals surface area contributed by atoms with Gasteiger partial charge in [0.05, 0.1) is 35.3 Å². The van der Waals surface area contributed by atoms with Crippen molar-refractivity contribution in [2.75, 3.05) is 23.8 Å². The van der Waals surface area contributed by atoms with E-state index in [0.29, 0.717) is 18.4 Å². The maximum atomic E-state index is 5.92. The van der Waals surface area contributed by atoms with E-state index in [2.05, 4.69) is 59.8 Å². The Morgan fingerprint density at radius 3 is 1.81 bits per heavy atom. The summed E-state index contributed by atoms with van der Waals surface area (Å²) in [6, 6.07) is 24.7. The van der Waals surface area contributed by atoms with Crippen LogP contribution >= 0.6 is 0 Å². The second-order valence-electron chi connectivity index (χ2n) is 8.30. The fourth-order valence-electron chi connectivity index (χ4n) is 3.94. The van der Waals surface area contributed by atoms with Crippen LogP contribution in [-0.2, 0) is 9.47 Å². The van der Waals surface area contributed by atoms with E-state index >= 15 is 0 Å². The van der Waals surface area contributed by atoms with Gasteiger partial charge < -0.3 is 20.1 Å². The molecule has 0 unspecified atom stereocenters. The third-order valence-electron chi connectivity index (χ3n) is 5.55. The Balaban J connectivity index is 1.45. The molecule has 5 rings (SSSR count). The molecule has 2 heterocycles. The summed E-state index contributed by atoms with van der Waals surface area (Å²) < 4.78 is 11.7. The van der Waals surface area contributed by atoms with Crippen LogP contribution in [0.2, 0.25) is 0 Å². The van der Waals surface area contributed by atoms with Crippen LogP contribution in [0.3, 0.4) is 0 Å². The molecule has 2 N–H and O–H groups in total. The molecule has 32 heavy (non-hydrogen) atoms. The quantitative estimate of drug-likeness (QED) is 0.483. The van der Waals surface area contributed by atoms with Crippen LogP contribution in [0.15, 0.2) is 83.9 Å². The molecule has 0 radical (unpaired) electrons. The molecule has 2 aliphatic rings. The second kappa shape index (κ2) is 8.79. The Hall–Kier alpha value is -3.73. The Kier molecular flexibility index (Phi) is 5.55. The minimum Gasteiger partial charge on any atom is -0.493 e. The highest BCUT2D eigenvalue weighted by atomic mass is 16.5. The van der Waals surface area contributed by atoms with Gasteiger partial charge in [-0.3, -0.25) is 0 Å². The Labute approximate surface area is 188 Å². The number of ether oxygens (including phenoxy) is 2. The first-order chi connectivity index (χ1) is 15.7. The van der Waals surface area contributed by atoms with E-state index in [-0.39, 0.29) is 6.04 Å². The standard InChI is InChI=1S/C27H27N3O2/c1-18-15-26(31-16-18)20-9-3-5-11-22(20)29-24-13-7-8-14-25(24)30-23-12-6-4-10-21(23)27-28-19(2)17-32-27/h3-15,18-19,29-30H,16-17H2,1-2H3/t18-,19+/m1/s1. The van der Waals surface area contributed by atoms with Gasteiger partial charge in [-0.1, -0.05) is 43.3 Å². The number of benzene rings is 3. The van der Waals surface area contributed by atoms with E-state index in [1.165, 1.54) is 0 Å². The normalized spacial score (nSPS) is 19.6. The van der Waals surface area contributed by atoms with Crippen molar-refractivity contribution in [1.29, 1.82) is 0 Å². The molecule has 3 aromatic rings. The summed E-state index contributed by atoms with van der Waals surface area (Å²) in [5.74, 6) is 2.05. The molecule has 0 bridgehead atoms. The van der Waals surface area contributed by atoms with E-state index < -0.39 is 0 Å². The lowest BCUT2D eigenvalue weighted by Gasteiger charge is -2.18. The smallest absolute Gasteiger partial charge is 0.218 e. The number of rotatable bonds is 6. The first-order valence-electron chi connectivity index (χ1n) is 11.0. The predicted octanol–water partition coefficient (Wildman–Crippen LogP) is 6.35. The van der Waals surface area contributed by atoms with Crippen molar-refractivity contribution in [3.63, 3.8) is 0 Å². The summed E-state index contributed by atoms with van der Waals surface area (Å²) in [6.07, 6.45) is 2.18. The van der Waals surface area contributed by atoms with Crippen molar-refractivity contribution in [3.8, 4) is 0 Å². The molecule has 3 aromatic carbocycles. The third kappa shape index (κ3) is 4.19. The van der Waals surface area contributed by atoms with Crippen LogP contribution in [0.1, 0.15) is 25.0 Å². The molecule has 0 fully saturated rings. The molecule has 5 heteroatoms. The summed E-state index contributed by atoms with van der Waals surface area (Å²) in [6.45, 7) is 5.57. The molecule has 0 aromatic heterocycles. The number of nitrogens with one attached hydrogen (secondary N) is 2. The van der Waals surface area contributed by atoms with Crippen molar-refractivity contribution in [3.05, 3.63) is 90.0 Å². The SMILES string of the molecule is C[C@@H]1C=C(c2ccccc2Nc2ccccc2Nc2ccccc2C2=N[C@@H](C)CO2)OC1. The summed E-state index contributed by atoms with van der Waals surface area (Å²) in [5, 5.41) is 7.18. The van der Waals surface area contributed by atoms with E-state index in [9.17, 15) is 0 Å². The van der Waals surface area contributed by atoms with Gasteiger partial charge >= 0.3 is 0 Å². The summed E-state index contributed by atoms with van der Waals surface area (Å²) >= 11 is 0. The van der Waals surface area contributed by atoms with Crippen LogP contribution in [0.4, 0.5) is 22.7 Å².